The quantitative estimate of drug-likeness (QED) is 0.0199. The first-order valence-electron chi connectivity index (χ1n) is 45.1. The van der Waals surface area contributed by atoms with Crippen LogP contribution < -0.4 is 5.32 Å². The van der Waals surface area contributed by atoms with Crippen LogP contribution >= 0.6 is 0 Å². The fraction of sp³-hybridized carbons (Fsp3) is 0.943. The van der Waals surface area contributed by atoms with Gasteiger partial charge in [-0.3, -0.25) is 4.79 Å². The molecule has 0 aromatic rings. The van der Waals surface area contributed by atoms with Crippen LogP contribution in [0.2, 0.25) is 0 Å². The van der Waals surface area contributed by atoms with Crippen molar-refractivity contribution < 1.29 is 89.4 Å². The van der Waals surface area contributed by atoms with Crippen molar-refractivity contribution in [2.75, 3.05) is 26.4 Å². The van der Waals surface area contributed by atoms with Gasteiger partial charge >= 0.3 is 0 Å². The van der Waals surface area contributed by atoms with Crippen molar-refractivity contribution in [2.24, 2.45) is 0 Å². The maximum Gasteiger partial charge on any atom is 0.220 e. The molecule has 12 N–H and O–H groups in total. The minimum atomic E-state index is -1.98. The summed E-state index contributed by atoms with van der Waals surface area (Å²) in [5.74, 6) is -0.266. The van der Waals surface area contributed by atoms with Gasteiger partial charge in [0.2, 0.25) is 5.91 Å². The molecule has 3 aliphatic rings. The molecule has 0 aliphatic carbocycles. The van der Waals surface area contributed by atoms with Crippen LogP contribution in [0.15, 0.2) is 24.3 Å². The van der Waals surface area contributed by atoms with E-state index in [9.17, 15) is 61.0 Å². The topological polar surface area (TPSA) is 307 Å². The molecule has 107 heavy (non-hydrogen) atoms. The Kier molecular flexibility index (Phi) is 63.8. The minimum Gasteiger partial charge on any atom is -0.394 e. The third kappa shape index (κ3) is 47.7. The minimum absolute atomic E-state index is 0.249. The molecule has 0 saturated carbocycles. The lowest BCUT2D eigenvalue weighted by atomic mass is 9.96. The van der Waals surface area contributed by atoms with Gasteiger partial charge in [0.15, 0.2) is 18.9 Å². The number of carbonyl (C=O) groups is 1. The zero-order chi connectivity index (χ0) is 77.4. The first-order valence-corrected chi connectivity index (χ1v) is 45.1. The molecule has 0 bridgehead atoms. The summed E-state index contributed by atoms with van der Waals surface area (Å²) in [7, 11) is 0. The van der Waals surface area contributed by atoms with Gasteiger partial charge < -0.3 is 89.9 Å². The van der Waals surface area contributed by atoms with Gasteiger partial charge in [0.1, 0.15) is 73.2 Å². The van der Waals surface area contributed by atoms with E-state index >= 15 is 0 Å². The SMILES string of the molecule is CCCCCCCCCC/C=C\CCCCCCCCCCCCCCCCCCCCCCCCCCCC(=O)NC(COC1OC(CO)C(OC2OC(CO)C(OC3OC(CO)C(O)C(O)C3O)C(O)C2O)C(O)C1O)C(O)/C=C/CCCCCCCCCCCCCCCCCCCCCCCCC. The molecule has 1 amide bonds. The summed E-state index contributed by atoms with van der Waals surface area (Å²) in [6, 6.07) is -0.972. The number of hydrogen-bond donors (Lipinski definition) is 12. The zero-order valence-corrected chi connectivity index (χ0v) is 68.2. The van der Waals surface area contributed by atoms with Gasteiger partial charge in [-0.1, -0.05) is 372 Å². The van der Waals surface area contributed by atoms with Crippen LogP contribution in [0, 0.1) is 0 Å². The Hall–Kier alpha value is -1.73. The summed E-state index contributed by atoms with van der Waals surface area (Å²) in [5.41, 5.74) is 0. The Labute approximate surface area is 651 Å². The largest absolute Gasteiger partial charge is 0.394 e. The maximum absolute atomic E-state index is 13.5. The lowest BCUT2D eigenvalue weighted by Crippen LogP contribution is -2.66. The Morgan fingerprint density at radius 3 is 0.907 bits per heavy atom. The van der Waals surface area contributed by atoms with Gasteiger partial charge in [0, 0.05) is 6.42 Å². The van der Waals surface area contributed by atoms with E-state index in [-0.39, 0.29) is 18.9 Å². The van der Waals surface area contributed by atoms with Crippen molar-refractivity contribution in [3.63, 3.8) is 0 Å². The molecule has 19 heteroatoms. The van der Waals surface area contributed by atoms with Crippen LogP contribution in [0.4, 0.5) is 0 Å². The highest BCUT2D eigenvalue weighted by Crippen LogP contribution is 2.34. The number of ether oxygens (including phenoxy) is 6. The Morgan fingerprint density at radius 1 is 0.327 bits per heavy atom. The molecule has 3 rings (SSSR count). The fourth-order valence-electron chi connectivity index (χ4n) is 15.5. The lowest BCUT2D eigenvalue weighted by molar-refractivity contribution is -0.379. The van der Waals surface area contributed by atoms with Crippen LogP contribution in [0.3, 0.4) is 0 Å². The van der Waals surface area contributed by atoms with E-state index in [1.54, 1.807) is 6.08 Å². The number of amides is 1. The van der Waals surface area contributed by atoms with Crippen molar-refractivity contribution in [1.29, 1.82) is 0 Å². The van der Waals surface area contributed by atoms with Crippen LogP contribution in [0.1, 0.15) is 399 Å². The van der Waals surface area contributed by atoms with E-state index in [2.05, 4.69) is 31.3 Å². The number of unbranched alkanes of at least 4 members (excludes halogenated alkanes) is 56. The molecule has 3 saturated heterocycles. The van der Waals surface area contributed by atoms with Crippen molar-refractivity contribution in [3.05, 3.63) is 24.3 Å². The summed E-state index contributed by atoms with van der Waals surface area (Å²) in [4.78, 5) is 13.5. The average Bonchev–Trinajstić information content (AvgIpc) is 0.781. The number of nitrogens with one attached hydrogen (secondary N) is 1. The van der Waals surface area contributed by atoms with Crippen molar-refractivity contribution >= 4 is 5.91 Å². The van der Waals surface area contributed by atoms with Gasteiger partial charge in [-0.05, 0) is 44.9 Å². The summed E-state index contributed by atoms with van der Waals surface area (Å²) in [6.45, 7) is 1.81. The normalized spacial score (nSPS) is 25.6. The van der Waals surface area contributed by atoms with E-state index in [0.29, 0.717) is 6.42 Å². The molecule has 0 radical (unpaired) electrons. The summed E-state index contributed by atoms with van der Waals surface area (Å²) in [5, 5.41) is 121. The predicted molar refractivity (Wildman–Crippen MR) is 430 cm³/mol. The molecule has 632 valence electrons. The molecule has 17 unspecified atom stereocenters. The van der Waals surface area contributed by atoms with E-state index < -0.39 is 124 Å². The van der Waals surface area contributed by atoms with Crippen molar-refractivity contribution in [3.8, 4) is 0 Å². The molecule has 19 nitrogen and oxygen atoms in total. The molecule has 3 heterocycles. The highest BCUT2D eigenvalue weighted by molar-refractivity contribution is 5.76. The van der Waals surface area contributed by atoms with Crippen molar-refractivity contribution in [2.45, 2.75) is 503 Å². The van der Waals surface area contributed by atoms with Crippen LogP contribution in [-0.2, 0) is 33.2 Å². The number of carbonyl (C=O) groups excluding carboxylic acids is 1. The molecular weight excluding hydrogens is 1360 g/mol. The first kappa shape index (κ1) is 99.5. The fourth-order valence-corrected chi connectivity index (χ4v) is 15.5. The number of rotatable bonds is 74. The smallest absolute Gasteiger partial charge is 0.220 e. The van der Waals surface area contributed by atoms with Crippen molar-refractivity contribution in [1.82, 2.24) is 5.32 Å². The lowest BCUT2D eigenvalue weighted by Gasteiger charge is -2.48. The first-order chi connectivity index (χ1) is 52.3. The predicted octanol–water partition coefficient (Wildman–Crippen LogP) is 16.9. The Balaban J connectivity index is 1.31. The van der Waals surface area contributed by atoms with Crippen LogP contribution in [0.5, 0.6) is 0 Å². The molecule has 0 spiro atoms. The molecule has 17 atom stereocenters. The average molecular weight is 1530 g/mol. The second-order valence-electron chi connectivity index (χ2n) is 32.4. The van der Waals surface area contributed by atoms with E-state index in [1.807, 2.05) is 6.08 Å². The third-order valence-corrected chi connectivity index (χ3v) is 22.7. The third-order valence-electron chi connectivity index (χ3n) is 22.7. The van der Waals surface area contributed by atoms with E-state index in [1.165, 1.54) is 327 Å². The summed E-state index contributed by atoms with van der Waals surface area (Å²) < 4.78 is 34.5. The Morgan fingerprint density at radius 2 is 0.589 bits per heavy atom. The number of hydrogen-bond acceptors (Lipinski definition) is 18. The van der Waals surface area contributed by atoms with Gasteiger partial charge in [0.05, 0.1) is 38.6 Å². The van der Waals surface area contributed by atoms with Crippen LogP contribution in [-0.4, -0.2) is 193 Å². The number of aliphatic hydroxyl groups excluding tert-OH is 11. The van der Waals surface area contributed by atoms with Crippen LogP contribution in [0.25, 0.3) is 0 Å². The van der Waals surface area contributed by atoms with E-state index in [4.69, 9.17) is 28.4 Å². The standard InChI is InChI=1S/C88H167NO18/c1-3-5-7-9-11-13-15-17-19-21-23-25-27-29-30-31-32-33-34-35-36-37-38-39-40-42-44-46-48-50-52-54-56-58-60-62-64-66-76(94)89-71(72(93)65-63-61-59-57-55-53-51-49-47-45-43-41-28-26-24-22-20-18-16-14-12-10-8-6-4-2)70-102-86-82(100)79(97)84(74(68-91)104-86)107-88-83(101)80(98)85(75(69-92)105-88)106-87-81(99)78(96)77(95)73(67-90)103-87/h21,23,63,65,71-75,77-88,90-93,95-101H,3-20,22,24-62,64,66-70H2,1-2H3,(H,89,94)/b23-21-,65-63+. The molecule has 3 fully saturated rings. The molecule has 0 aromatic heterocycles. The summed E-state index contributed by atoms with van der Waals surface area (Å²) >= 11 is 0. The second-order valence-corrected chi connectivity index (χ2v) is 32.4. The summed E-state index contributed by atoms with van der Waals surface area (Å²) in [6.07, 6.45) is 59.1. The van der Waals surface area contributed by atoms with Gasteiger partial charge in [-0.15, -0.1) is 0 Å². The number of aliphatic hydroxyl groups is 11. The molecular formula is C88H167NO18. The number of allylic oxidation sites excluding steroid dienone is 3. The highest BCUT2D eigenvalue weighted by atomic mass is 16.8. The molecule has 0 aromatic carbocycles. The van der Waals surface area contributed by atoms with Gasteiger partial charge in [0.25, 0.3) is 0 Å². The maximum atomic E-state index is 13.5. The Bertz CT molecular complexity index is 2020. The van der Waals surface area contributed by atoms with E-state index in [0.717, 1.165) is 44.9 Å². The van der Waals surface area contributed by atoms with Gasteiger partial charge in [-0.2, -0.15) is 0 Å². The highest BCUT2D eigenvalue weighted by Gasteiger charge is 2.54. The zero-order valence-electron chi connectivity index (χ0n) is 68.2. The van der Waals surface area contributed by atoms with Gasteiger partial charge in [-0.25, -0.2) is 0 Å². The monoisotopic (exact) mass is 1530 g/mol. The second kappa shape index (κ2) is 68.7. The molecule has 3 aliphatic heterocycles.